The smallest absolute Gasteiger partial charge is 0.356 e. The molecule has 0 unspecified atom stereocenters. The number of hydrogen-bond acceptors (Lipinski definition) is 2. The van der Waals surface area contributed by atoms with Crippen LogP contribution in [0.25, 0.3) is 0 Å². The van der Waals surface area contributed by atoms with Crippen LogP contribution in [0, 0.1) is 11.3 Å². The van der Waals surface area contributed by atoms with Crippen LogP contribution in [0.5, 0.6) is 0 Å². The van der Waals surface area contributed by atoms with Crippen LogP contribution < -0.4 is 5.32 Å². The average Bonchev–Trinajstić information content (AvgIpc) is 3.09. The van der Waals surface area contributed by atoms with E-state index in [9.17, 15) is 18.0 Å². The Morgan fingerprint density at radius 3 is 2.50 bits per heavy atom. The lowest BCUT2D eigenvalue weighted by molar-refractivity contribution is -0.159. The van der Waals surface area contributed by atoms with Gasteiger partial charge in [0.15, 0.2) is 0 Å². The first-order valence-electron chi connectivity index (χ1n) is 7.46. The lowest BCUT2D eigenvalue weighted by atomic mass is 9.92. The van der Waals surface area contributed by atoms with Crippen molar-refractivity contribution < 1.29 is 18.0 Å². The highest BCUT2D eigenvalue weighted by molar-refractivity contribution is 5.77. The van der Waals surface area contributed by atoms with Crippen LogP contribution >= 0.6 is 0 Å². The first kappa shape index (κ1) is 16.8. The van der Waals surface area contributed by atoms with E-state index in [2.05, 4.69) is 24.1 Å². The lowest BCUT2D eigenvalue weighted by Crippen LogP contribution is -2.36. The molecule has 7 heteroatoms. The molecule has 4 nitrogen and oxygen atoms in total. The topological polar surface area (TPSA) is 46.9 Å². The summed E-state index contributed by atoms with van der Waals surface area (Å²) in [6.45, 7) is 4.60. The molecule has 1 saturated carbocycles. The average molecular weight is 317 g/mol. The van der Waals surface area contributed by atoms with Gasteiger partial charge in [0.2, 0.25) is 5.91 Å². The molecule has 1 aliphatic carbocycles. The number of nitrogens with one attached hydrogen (secondary N) is 1. The van der Waals surface area contributed by atoms with Gasteiger partial charge in [-0.05, 0) is 24.2 Å². The molecule has 0 radical (unpaired) electrons. The van der Waals surface area contributed by atoms with Gasteiger partial charge in [0.25, 0.3) is 0 Å². The fourth-order valence-electron chi connectivity index (χ4n) is 2.72. The number of aromatic nitrogens is 2. The quantitative estimate of drug-likeness (QED) is 0.877. The fraction of sp³-hybridized carbons (Fsp3) is 0.733. The van der Waals surface area contributed by atoms with Gasteiger partial charge >= 0.3 is 6.18 Å². The molecule has 0 saturated heterocycles. The van der Waals surface area contributed by atoms with Gasteiger partial charge in [-0.25, -0.2) is 4.98 Å². The second-order valence-corrected chi connectivity index (χ2v) is 6.49. The Morgan fingerprint density at radius 1 is 1.45 bits per heavy atom. The largest absolute Gasteiger partial charge is 0.399 e. The molecule has 0 aliphatic heterocycles. The summed E-state index contributed by atoms with van der Waals surface area (Å²) in [6, 6.07) is 0. The molecule has 1 amide bonds. The summed E-state index contributed by atoms with van der Waals surface area (Å²) in [5, 5.41) is 2.67. The number of imidazole rings is 1. The van der Waals surface area contributed by atoms with Crippen molar-refractivity contribution in [2.75, 3.05) is 6.54 Å². The second-order valence-electron chi connectivity index (χ2n) is 6.49. The number of amides is 1. The summed E-state index contributed by atoms with van der Waals surface area (Å²) in [4.78, 5) is 15.7. The van der Waals surface area contributed by atoms with Crippen LogP contribution in [-0.4, -0.2) is 28.2 Å². The zero-order valence-corrected chi connectivity index (χ0v) is 13.1. The van der Waals surface area contributed by atoms with E-state index >= 15 is 0 Å². The van der Waals surface area contributed by atoms with Crippen molar-refractivity contribution in [3.8, 4) is 0 Å². The Hall–Kier alpha value is -1.53. The molecule has 1 fully saturated rings. The minimum absolute atomic E-state index is 0.0760. The number of aryl methyl sites for hydroxylation is 1. The number of carbonyl (C=O) groups is 1. The van der Waals surface area contributed by atoms with E-state index in [0.29, 0.717) is 12.5 Å². The number of rotatable bonds is 6. The third-order valence-electron chi connectivity index (χ3n) is 4.71. The van der Waals surface area contributed by atoms with Gasteiger partial charge in [-0.2, -0.15) is 13.2 Å². The number of alkyl halides is 3. The molecular weight excluding hydrogens is 295 g/mol. The highest BCUT2D eigenvalue weighted by Crippen LogP contribution is 2.51. The van der Waals surface area contributed by atoms with E-state index in [0.717, 1.165) is 12.8 Å². The van der Waals surface area contributed by atoms with Crippen molar-refractivity contribution in [3.05, 3.63) is 18.2 Å². The van der Waals surface area contributed by atoms with Gasteiger partial charge in [0.1, 0.15) is 11.7 Å². The van der Waals surface area contributed by atoms with Gasteiger partial charge in [-0.15, -0.1) is 0 Å². The standard InChI is InChI=1S/C15H22F3N3O/c1-10(2)14(4-5-14)9-20-12(22)8-11(15(16,17)18)13-19-6-7-21(13)3/h6-7,10-11H,4-5,8-9H2,1-3H3,(H,20,22)/t11-/m1/s1. The summed E-state index contributed by atoms with van der Waals surface area (Å²) in [5.74, 6) is -2.16. The van der Waals surface area contributed by atoms with E-state index in [-0.39, 0.29) is 11.2 Å². The van der Waals surface area contributed by atoms with Crippen molar-refractivity contribution in [1.29, 1.82) is 0 Å². The fourth-order valence-corrected chi connectivity index (χ4v) is 2.72. The predicted molar refractivity (Wildman–Crippen MR) is 76.1 cm³/mol. The number of hydrogen-bond donors (Lipinski definition) is 1. The van der Waals surface area contributed by atoms with Crippen LogP contribution in [0.2, 0.25) is 0 Å². The number of carbonyl (C=O) groups excluding carboxylic acids is 1. The summed E-state index contributed by atoms with van der Waals surface area (Å²) in [7, 11) is 1.50. The van der Waals surface area contributed by atoms with Gasteiger partial charge in [-0.1, -0.05) is 13.8 Å². The molecule has 0 aromatic carbocycles. The molecule has 1 heterocycles. The molecule has 2 rings (SSSR count). The minimum atomic E-state index is -4.49. The molecule has 1 aromatic heterocycles. The molecule has 124 valence electrons. The Labute approximate surface area is 128 Å². The summed E-state index contributed by atoms with van der Waals surface area (Å²) in [5.41, 5.74) is 0.0760. The van der Waals surface area contributed by atoms with E-state index in [1.54, 1.807) is 0 Å². The maximum absolute atomic E-state index is 13.2. The summed E-state index contributed by atoms with van der Waals surface area (Å²) >= 11 is 0. The van der Waals surface area contributed by atoms with Crippen molar-refractivity contribution in [3.63, 3.8) is 0 Å². The molecule has 1 aliphatic rings. The van der Waals surface area contributed by atoms with Crippen LogP contribution in [0.3, 0.4) is 0 Å². The van der Waals surface area contributed by atoms with E-state index < -0.39 is 24.4 Å². The maximum Gasteiger partial charge on any atom is 0.399 e. The van der Waals surface area contributed by atoms with Crippen LogP contribution in [0.4, 0.5) is 13.2 Å². The zero-order chi connectivity index (χ0) is 16.5. The van der Waals surface area contributed by atoms with Crippen LogP contribution in [0.1, 0.15) is 44.9 Å². The van der Waals surface area contributed by atoms with Gasteiger partial charge < -0.3 is 9.88 Å². The van der Waals surface area contributed by atoms with Crippen LogP contribution in [0.15, 0.2) is 12.4 Å². The maximum atomic E-state index is 13.2. The van der Waals surface area contributed by atoms with Crippen molar-refractivity contribution in [2.24, 2.45) is 18.4 Å². The predicted octanol–water partition coefficient (Wildman–Crippen LogP) is 3.01. The lowest BCUT2D eigenvalue weighted by Gasteiger charge is -2.22. The van der Waals surface area contributed by atoms with Gasteiger partial charge in [0.05, 0.1) is 0 Å². The second kappa shape index (κ2) is 5.93. The zero-order valence-electron chi connectivity index (χ0n) is 13.1. The SMILES string of the molecule is CC(C)C1(CNC(=O)C[C@H](c2nccn2C)C(F)(F)F)CC1. The molecule has 1 N–H and O–H groups in total. The van der Waals surface area contributed by atoms with Crippen molar-refractivity contribution >= 4 is 5.91 Å². The Kier molecular flexibility index (Phi) is 4.54. The van der Waals surface area contributed by atoms with Gasteiger partial charge in [0, 0.05) is 32.4 Å². The third-order valence-corrected chi connectivity index (χ3v) is 4.71. The van der Waals surface area contributed by atoms with Gasteiger partial charge in [-0.3, -0.25) is 4.79 Å². The normalized spacial score (nSPS) is 18.3. The first-order chi connectivity index (χ1) is 10.2. The highest BCUT2D eigenvalue weighted by atomic mass is 19.4. The number of nitrogens with zero attached hydrogens (tertiary/aromatic N) is 2. The molecule has 0 bridgehead atoms. The Balaban J connectivity index is 1.99. The van der Waals surface area contributed by atoms with E-state index in [1.807, 2.05) is 0 Å². The van der Waals surface area contributed by atoms with E-state index in [1.165, 1.54) is 24.0 Å². The Morgan fingerprint density at radius 2 is 2.09 bits per heavy atom. The summed E-state index contributed by atoms with van der Waals surface area (Å²) < 4.78 is 40.9. The first-order valence-corrected chi connectivity index (χ1v) is 7.46. The van der Waals surface area contributed by atoms with Crippen LogP contribution in [-0.2, 0) is 11.8 Å². The third kappa shape index (κ3) is 3.62. The molecule has 1 aromatic rings. The minimum Gasteiger partial charge on any atom is -0.356 e. The Bertz CT molecular complexity index is 532. The molecule has 0 spiro atoms. The van der Waals surface area contributed by atoms with E-state index in [4.69, 9.17) is 0 Å². The van der Waals surface area contributed by atoms with Crippen molar-refractivity contribution in [2.45, 2.75) is 45.2 Å². The van der Waals surface area contributed by atoms with Crippen molar-refractivity contribution in [1.82, 2.24) is 14.9 Å². The highest BCUT2D eigenvalue weighted by Gasteiger charge is 2.47. The molecular formula is C15H22F3N3O. The summed E-state index contributed by atoms with van der Waals surface area (Å²) in [6.07, 6.45) is -0.317. The monoisotopic (exact) mass is 317 g/mol. The molecule has 22 heavy (non-hydrogen) atoms. The molecule has 1 atom stereocenters. The number of halogens is 3.